The summed E-state index contributed by atoms with van der Waals surface area (Å²) in [6.45, 7) is 6.48. The number of oxazole rings is 1. The van der Waals surface area contributed by atoms with Gasteiger partial charge < -0.3 is 18.6 Å². The summed E-state index contributed by atoms with van der Waals surface area (Å²) in [5.41, 5.74) is 0.683. The second-order valence-corrected chi connectivity index (χ2v) is 5.87. The third-order valence-corrected chi connectivity index (χ3v) is 4.09. The van der Waals surface area contributed by atoms with Crippen molar-refractivity contribution in [1.82, 2.24) is 14.8 Å². The topological polar surface area (TPSA) is 62.7 Å². The molecule has 1 saturated heterocycles. The number of rotatable bonds is 3. The minimum atomic E-state index is 0.1000. The lowest BCUT2D eigenvalue weighted by molar-refractivity contribution is -0.134. The van der Waals surface area contributed by atoms with E-state index in [9.17, 15) is 4.79 Å². The van der Waals surface area contributed by atoms with Crippen LogP contribution >= 0.6 is 0 Å². The number of aromatic nitrogens is 1. The third-order valence-electron chi connectivity index (χ3n) is 4.09. The standard InChI is InChI=1S/C16H21N3O3/c1-11-10-18(3)6-7-19(11)15(20)9-13-12(2)22-16(17-13)14-5-4-8-21-14/h4-5,8,11H,6-7,9-10H2,1-3H3/t11-/m1/s1. The molecule has 1 fully saturated rings. The highest BCUT2D eigenvalue weighted by Crippen LogP contribution is 2.23. The SMILES string of the molecule is Cc1oc(-c2ccco2)nc1CC(=O)N1CCN(C)C[C@H]1C. The summed E-state index contributed by atoms with van der Waals surface area (Å²) in [5, 5.41) is 0. The van der Waals surface area contributed by atoms with Crippen LogP contribution < -0.4 is 0 Å². The van der Waals surface area contributed by atoms with E-state index in [1.54, 1.807) is 18.4 Å². The molecule has 1 atom stereocenters. The molecule has 6 heteroatoms. The number of hydrogen-bond acceptors (Lipinski definition) is 5. The molecule has 0 radical (unpaired) electrons. The number of nitrogens with zero attached hydrogens (tertiary/aromatic N) is 3. The second-order valence-electron chi connectivity index (χ2n) is 5.87. The van der Waals surface area contributed by atoms with E-state index < -0.39 is 0 Å². The fourth-order valence-corrected chi connectivity index (χ4v) is 2.85. The molecule has 1 amide bonds. The fraction of sp³-hybridized carbons (Fsp3) is 0.500. The fourth-order valence-electron chi connectivity index (χ4n) is 2.85. The molecule has 3 rings (SSSR count). The Bertz CT molecular complexity index is 648. The van der Waals surface area contributed by atoms with Crippen LogP contribution in [-0.2, 0) is 11.2 Å². The van der Waals surface area contributed by atoms with Crippen molar-refractivity contribution in [3.8, 4) is 11.7 Å². The van der Waals surface area contributed by atoms with Gasteiger partial charge >= 0.3 is 0 Å². The van der Waals surface area contributed by atoms with E-state index in [0.29, 0.717) is 23.1 Å². The Morgan fingerprint density at radius 3 is 2.95 bits per heavy atom. The maximum Gasteiger partial charge on any atom is 0.263 e. The Hall–Kier alpha value is -2.08. The molecule has 0 N–H and O–H groups in total. The molecule has 2 aromatic heterocycles. The molecule has 3 heterocycles. The van der Waals surface area contributed by atoms with Gasteiger partial charge in [0.2, 0.25) is 5.91 Å². The van der Waals surface area contributed by atoms with Crippen LogP contribution in [0.25, 0.3) is 11.7 Å². The Morgan fingerprint density at radius 1 is 1.45 bits per heavy atom. The van der Waals surface area contributed by atoms with Crippen LogP contribution in [0.3, 0.4) is 0 Å². The van der Waals surface area contributed by atoms with Crippen LogP contribution in [0.2, 0.25) is 0 Å². The van der Waals surface area contributed by atoms with Crippen LogP contribution in [0.5, 0.6) is 0 Å². The van der Waals surface area contributed by atoms with Crippen molar-refractivity contribution in [2.75, 3.05) is 26.7 Å². The molecule has 0 spiro atoms. The summed E-state index contributed by atoms with van der Waals surface area (Å²) < 4.78 is 10.9. The van der Waals surface area contributed by atoms with Gasteiger partial charge in [0.15, 0.2) is 5.76 Å². The number of likely N-dealkylation sites (N-methyl/N-ethyl adjacent to an activating group) is 1. The van der Waals surface area contributed by atoms with Gasteiger partial charge in [0.1, 0.15) is 5.76 Å². The van der Waals surface area contributed by atoms with Crippen molar-refractivity contribution in [2.24, 2.45) is 0 Å². The van der Waals surface area contributed by atoms with Gasteiger partial charge in [-0.2, -0.15) is 0 Å². The van der Waals surface area contributed by atoms with Crippen LogP contribution in [0.4, 0.5) is 0 Å². The zero-order valence-electron chi connectivity index (χ0n) is 13.2. The lowest BCUT2D eigenvalue weighted by Gasteiger charge is -2.38. The van der Waals surface area contributed by atoms with Gasteiger partial charge in [-0.25, -0.2) is 4.98 Å². The quantitative estimate of drug-likeness (QED) is 0.867. The highest BCUT2D eigenvalue weighted by molar-refractivity contribution is 5.79. The van der Waals surface area contributed by atoms with Gasteiger partial charge in [0.05, 0.1) is 18.4 Å². The number of carbonyl (C=O) groups is 1. The van der Waals surface area contributed by atoms with Crippen molar-refractivity contribution < 1.29 is 13.6 Å². The van der Waals surface area contributed by atoms with E-state index >= 15 is 0 Å². The molecule has 0 aliphatic carbocycles. The smallest absolute Gasteiger partial charge is 0.263 e. The molecule has 0 unspecified atom stereocenters. The largest absolute Gasteiger partial charge is 0.459 e. The summed E-state index contributed by atoms with van der Waals surface area (Å²) in [7, 11) is 2.08. The second kappa shape index (κ2) is 5.96. The molecular weight excluding hydrogens is 282 g/mol. The van der Waals surface area contributed by atoms with Crippen molar-refractivity contribution in [1.29, 1.82) is 0 Å². The first-order valence-electron chi connectivity index (χ1n) is 7.53. The molecule has 6 nitrogen and oxygen atoms in total. The summed E-state index contributed by atoms with van der Waals surface area (Å²) in [5.74, 6) is 1.77. The number of piperazine rings is 1. The molecule has 1 aliphatic rings. The third kappa shape index (κ3) is 2.92. The predicted molar refractivity (Wildman–Crippen MR) is 81.3 cm³/mol. The molecule has 118 valence electrons. The lowest BCUT2D eigenvalue weighted by Crippen LogP contribution is -2.53. The number of amides is 1. The zero-order chi connectivity index (χ0) is 15.7. The van der Waals surface area contributed by atoms with Crippen molar-refractivity contribution in [3.05, 3.63) is 29.9 Å². The Labute approximate surface area is 129 Å². The van der Waals surface area contributed by atoms with Crippen molar-refractivity contribution >= 4 is 5.91 Å². The van der Waals surface area contributed by atoms with Gasteiger partial charge in [-0.1, -0.05) is 0 Å². The minimum absolute atomic E-state index is 0.1000. The lowest BCUT2D eigenvalue weighted by atomic mass is 10.1. The molecule has 22 heavy (non-hydrogen) atoms. The number of carbonyl (C=O) groups excluding carboxylic acids is 1. The highest BCUT2D eigenvalue weighted by Gasteiger charge is 2.27. The molecule has 2 aromatic rings. The van der Waals surface area contributed by atoms with E-state index in [0.717, 1.165) is 19.6 Å². The van der Waals surface area contributed by atoms with Crippen LogP contribution in [0, 0.1) is 6.92 Å². The van der Waals surface area contributed by atoms with Gasteiger partial charge in [0, 0.05) is 25.7 Å². The first-order valence-corrected chi connectivity index (χ1v) is 7.53. The minimum Gasteiger partial charge on any atom is -0.459 e. The Kier molecular flexibility index (Phi) is 4.02. The number of hydrogen-bond donors (Lipinski definition) is 0. The number of aryl methyl sites for hydroxylation is 1. The maximum absolute atomic E-state index is 12.5. The first kappa shape index (κ1) is 14.8. The van der Waals surface area contributed by atoms with Gasteiger partial charge in [-0.3, -0.25) is 4.79 Å². The van der Waals surface area contributed by atoms with Gasteiger partial charge in [-0.05, 0) is 33.0 Å². The first-order chi connectivity index (χ1) is 10.5. The van der Waals surface area contributed by atoms with E-state index in [1.807, 2.05) is 11.8 Å². The molecule has 0 bridgehead atoms. The summed E-state index contributed by atoms with van der Waals surface area (Å²) >= 11 is 0. The van der Waals surface area contributed by atoms with Crippen LogP contribution in [-0.4, -0.2) is 53.4 Å². The zero-order valence-corrected chi connectivity index (χ0v) is 13.2. The Morgan fingerprint density at radius 2 is 2.27 bits per heavy atom. The molecular formula is C16H21N3O3. The van der Waals surface area contributed by atoms with Crippen LogP contribution in [0.1, 0.15) is 18.4 Å². The van der Waals surface area contributed by atoms with Crippen LogP contribution in [0.15, 0.2) is 27.2 Å². The maximum atomic E-state index is 12.5. The van der Waals surface area contributed by atoms with Crippen molar-refractivity contribution in [3.63, 3.8) is 0 Å². The normalized spacial score (nSPS) is 19.6. The number of furan rings is 1. The van der Waals surface area contributed by atoms with E-state index in [4.69, 9.17) is 8.83 Å². The summed E-state index contributed by atoms with van der Waals surface area (Å²) in [6.07, 6.45) is 1.84. The van der Waals surface area contributed by atoms with Crippen molar-refractivity contribution in [2.45, 2.75) is 26.3 Å². The van der Waals surface area contributed by atoms with E-state index in [2.05, 4.69) is 23.9 Å². The average molecular weight is 303 g/mol. The van der Waals surface area contributed by atoms with E-state index in [-0.39, 0.29) is 18.4 Å². The Balaban J connectivity index is 1.72. The predicted octanol–water partition coefficient (Wildman–Crippen LogP) is 1.95. The summed E-state index contributed by atoms with van der Waals surface area (Å²) in [6, 6.07) is 3.80. The molecule has 0 saturated carbocycles. The molecule has 1 aliphatic heterocycles. The monoisotopic (exact) mass is 303 g/mol. The van der Waals surface area contributed by atoms with E-state index in [1.165, 1.54) is 0 Å². The van der Waals surface area contributed by atoms with Gasteiger partial charge in [0.25, 0.3) is 5.89 Å². The average Bonchev–Trinajstić information content (AvgIpc) is 3.09. The highest BCUT2D eigenvalue weighted by atomic mass is 16.4. The summed E-state index contributed by atoms with van der Waals surface area (Å²) in [4.78, 5) is 21.1. The molecule has 0 aromatic carbocycles. The van der Waals surface area contributed by atoms with Gasteiger partial charge in [-0.15, -0.1) is 0 Å².